The second-order valence-corrected chi connectivity index (χ2v) is 5.95. The van der Waals surface area contributed by atoms with Crippen LogP contribution in [0.15, 0.2) is 0 Å². The summed E-state index contributed by atoms with van der Waals surface area (Å²) in [7, 11) is 0. The van der Waals surface area contributed by atoms with Crippen LogP contribution in [0.3, 0.4) is 0 Å². The Morgan fingerprint density at radius 2 is 1.50 bits per heavy atom. The highest BCUT2D eigenvalue weighted by atomic mass is 32.2. The van der Waals surface area contributed by atoms with Gasteiger partial charge in [-0.05, 0) is 37.0 Å². The second kappa shape index (κ2) is 9.85. The van der Waals surface area contributed by atoms with Crippen LogP contribution in [-0.2, 0) is 0 Å². The lowest BCUT2D eigenvalue weighted by molar-refractivity contribution is 0.547. The van der Waals surface area contributed by atoms with E-state index in [1.807, 2.05) is 0 Å². The topological polar surface area (TPSA) is 12.0 Å². The quantitative estimate of drug-likeness (QED) is 0.594. The van der Waals surface area contributed by atoms with Crippen molar-refractivity contribution in [1.82, 2.24) is 5.32 Å². The summed E-state index contributed by atoms with van der Waals surface area (Å²) in [6.07, 6.45) is 2.66. The Balaban J connectivity index is 2.92. The van der Waals surface area contributed by atoms with Crippen molar-refractivity contribution in [3.8, 4) is 0 Å². The third kappa shape index (κ3) is 12.3. The first-order chi connectivity index (χ1) is 6.63. The summed E-state index contributed by atoms with van der Waals surface area (Å²) < 4.78 is 0. The monoisotopic (exact) mass is 217 g/mol. The molecule has 0 saturated heterocycles. The molecule has 0 bridgehead atoms. The van der Waals surface area contributed by atoms with E-state index in [0.29, 0.717) is 0 Å². The van der Waals surface area contributed by atoms with E-state index in [2.05, 4.69) is 44.8 Å². The van der Waals surface area contributed by atoms with Gasteiger partial charge >= 0.3 is 0 Å². The van der Waals surface area contributed by atoms with Gasteiger partial charge in [-0.1, -0.05) is 27.7 Å². The molecule has 0 atom stereocenters. The molecule has 0 amide bonds. The standard InChI is InChI=1S/C12H27NS/c1-11(2)5-7-13-8-10-14-9-6-12(3)4/h11-13H,5-10H2,1-4H3. The van der Waals surface area contributed by atoms with Gasteiger partial charge in [0.25, 0.3) is 0 Å². The predicted molar refractivity (Wildman–Crippen MR) is 69.1 cm³/mol. The van der Waals surface area contributed by atoms with E-state index in [0.717, 1.165) is 11.8 Å². The molecule has 0 spiro atoms. The molecule has 0 aliphatic rings. The van der Waals surface area contributed by atoms with Gasteiger partial charge in [0.2, 0.25) is 0 Å². The Bertz CT molecular complexity index is 98.9. The molecule has 0 aromatic rings. The van der Waals surface area contributed by atoms with E-state index in [4.69, 9.17) is 0 Å². The highest BCUT2D eigenvalue weighted by molar-refractivity contribution is 7.99. The van der Waals surface area contributed by atoms with Crippen LogP contribution in [0.5, 0.6) is 0 Å². The van der Waals surface area contributed by atoms with E-state index in [1.165, 1.54) is 37.4 Å². The van der Waals surface area contributed by atoms with Gasteiger partial charge in [-0.25, -0.2) is 0 Å². The minimum Gasteiger partial charge on any atom is -0.316 e. The van der Waals surface area contributed by atoms with Gasteiger partial charge in [0.05, 0.1) is 0 Å². The lowest BCUT2D eigenvalue weighted by Crippen LogP contribution is -2.19. The molecule has 1 nitrogen and oxygen atoms in total. The lowest BCUT2D eigenvalue weighted by atomic mass is 10.1. The van der Waals surface area contributed by atoms with Crippen LogP contribution in [0.4, 0.5) is 0 Å². The van der Waals surface area contributed by atoms with Gasteiger partial charge in [0.1, 0.15) is 0 Å². The average molecular weight is 217 g/mol. The average Bonchev–Trinajstić information content (AvgIpc) is 2.08. The molecule has 86 valence electrons. The summed E-state index contributed by atoms with van der Waals surface area (Å²) >= 11 is 2.08. The van der Waals surface area contributed by atoms with E-state index in [-0.39, 0.29) is 0 Å². The zero-order valence-electron chi connectivity index (χ0n) is 10.3. The molecule has 0 aliphatic heterocycles. The van der Waals surface area contributed by atoms with Crippen LogP contribution in [-0.4, -0.2) is 24.6 Å². The van der Waals surface area contributed by atoms with Gasteiger partial charge in [-0.15, -0.1) is 0 Å². The summed E-state index contributed by atoms with van der Waals surface area (Å²) in [6, 6.07) is 0. The number of hydrogen-bond acceptors (Lipinski definition) is 2. The summed E-state index contributed by atoms with van der Waals surface area (Å²) in [5.41, 5.74) is 0. The molecule has 0 heterocycles. The molecule has 1 N–H and O–H groups in total. The van der Waals surface area contributed by atoms with Crippen molar-refractivity contribution in [2.75, 3.05) is 24.6 Å². The zero-order valence-corrected chi connectivity index (χ0v) is 11.1. The third-order valence-electron chi connectivity index (χ3n) is 2.16. The van der Waals surface area contributed by atoms with Gasteiger partial charge in [-0.2, -0.15) is 11.8 Å². The lowest BCUT2D eigenvalue weighted by Gasteiger charge is -2.07. The van der Waals surface area contributed by atoms with Crippen LogP contribution in [0.1, 0.15) is 40.5 Å². The van der Waals surface area contributed by atoms with Crippen molar-refractivity contribution in [2.24, 2.45) is 11.8 Å². The van der Waals surface area contributed by atoms with Crippen molar-refractivity contribution >= 4 is 11.8 Å². The fourth-order valence-corrected chi connectivity index (χ4v) is 2.21. The molecule has 0 aromatic heterocycles. The molecule has 0 aliphatic carbocycles. The number of rotatable bonds is 9. The minimum absolute atomic E-state index is 0.830. The first-order valence-corrected chi connectivity index (χ1v) is 7.07. The number of thioether (sulfide) groups is 1. The summed E-state index contributed by atoms with van der Waals surface area (Å²) in [5.74, 6) is 4.28. The fourth-order valence-electron chi connectivity index (χ4n) is 1.08. The highest BCUT2D eigenvalue weighted by Gasteiger charge is 1.95. The van der Waals surface area contributed by atoms with E-state index >= 15 is 0 Å². The third-order valence-corrected chi connectivity index (χ3v) is 3.18. The second-order valence-electron chi connectivity index (χ2n) is 4.73. The smallest absolute Gasteiger partial charge is 0.00581 e. The molecule has 0 radical (unpaired) electrons. The first-order valence-electron chi connectivity index (χ1n) is 5.91. The van der Waals surface area contributed by atoms with E-state index < -0.39 is 0 Å². The highest BCUT2D eigenvalue weighted by Crippen LogP contribution is 2.07. The van der Waals surface area contributed by atoms with Gasteiger partial charge in [0.15, 0.2) is 0 Å². The molecule has 14 heavy (non-hydrogen) atoms. The van der Waals surface area contributed by atoms with Crippen molar-refractivity contribution in [1.29, 1.82) is 0 Å². The Kier molecular flexibility index (Phi) is 10.1. The molecule has 0 saturated carbocycles. The Morgan fingerprint density at radius 1 is 0.857 bits per heavy atom. The normalized spacial score (nSPS) is 11.6. The van der Waals surface area contributed by atoms with Crippen molar-refractivity contribution in [3.63, 3.8) is 0 Å². The van der Waals surface area contributed by atoms with Crippen molar-refractivity contribution < 1.29 is 0 Å². The van der Waals surface area contributed by atoms with Gasteiger partial charge < -0.3 is 5.32 Å². The van der Waals surface area contributed by atoms with Gasteiger partial charge in [-0.3, -0.25) is 0 Å². The Morgan fingerprint density at radius 3 is 2.07 bits per heavy atom. The van der Waals surface area contributed by atoms with Crippen LogP contribution in [0.2, 0.25) is 0 Å². The van der Waals surface area contributed by atoms with Crippen molar-refractivity contribution in [2.45, 2.75) is 40.5 Å². The SMILES string of the molecule is CC(C)CCNCCSCCC(C)C. The summed E-state index contributed by atoms with van der Waals surface area (Å²) in [6.45, 7) is 11.5. The maximum atomic E-state index is 3.48. The van der Waals surface area contributed by atoms with Crippen LogP contribution < -0.4 is 5.32 Å². The largest absolute Gasteiger partial charge is 0.316 e. The molecule has 0 fully saturated rings. The summed E-state index contributed by atoms with van der Waals surface area (Å²) in [5, 5.41) is 3.48. The summed E-state index contributed by atoms with van der Waals surface area (Å²) in [4.78, 5) is 0. The van der Waals surface area contributed by atoms with Crippen molar-refractivity contribution in [3.05, 3.63) is 0 Å². The molecule has 0 unspecified atom stereocenters. The maximum absolute atomic E-state index is 3.48. The number of hydrogen-bond donors (Lipinski definition) is 1. The molecular formula is C12H27NS. The van der Waals surface area contributed by atoms with Crippen LogP contribution >= 0.6 is 11.8 Å². The minimum atomic E-state index is 0.830. The zero-order chi connectivity index (χ0) is 10.8. The van der Waals surface area contributed by atoms with E-state index in [9.17, 15) is 0 Å². The Hall–Kier alpha value is 0.310. The van der Waals surface area contributed by atoms with Crippen LogP contribution in [0.25, 0.3) is 0 Å². The maximum Gasteiger partial charge on any atom is 0.00581 e. The first kappa shape index (κ1) is 14.3. The fraction of sp³-hybridized carbons (Fsp3) is 1.00. The predicted octanol–water partition coefficient (Wildman–Crippen LogP) is 3.40. The Labute approximate surface area is 94.4 Å². The molecule has 0 aromatic carbocycles. The molecular weight excluding hydrogens is 190 g/mol. The van der Waals surface area contributed by atoms with E-state index in [1.54, 1.807) is 0 Å². The van der Waals surface area contributed by atoms with Gasteiger partial charge in [0, 0.05) is 12.3 Å². The van der Waals surface area contributed by atoms with Crippen LogP contribution in [0, 0.1) is 11.8 Å². The number of nitrogens with one attached hydrogen (secondary N) is 1. The molecule has 2 heteroatoms. The molecule has 0 rings (SSSR count).